The number of H-pyrrole nitrogens is 1. The second-order valence-electron chi connectivity index (χ2n) is 4.44. The van der Waals surface area contributed by atoms with Gasteiger partial charge in [0.25, 0.3) is 5.56 Å². The molecule has 4 aromatic rings. The number of fused-ring (bicyclic) bond motifs is 2. The minimum absolute atomic E-state index is 0.00138. The number of hydrogen-bond donors (Lipinski definition) is 4. The lowest BCUT2D eigenvalue weighted by molar-refractivity contribution is 0.688. The van der Waals surface area contributed by atoms with E-state index in [1.54, 1.807) is 0 Å². The Bertz CT molecular complexity index is 1090. The highest BCUT2D eigenvalue weighted by atomic mass is 16.1. The predicted octanol–water partition coefficient (Wildman–Crippen LogP) is -1.68. The molecular weight excluding hydrogens is 290 g/mol. The molecule has 0 aliphatic heterocycles. The van der Waals surface area contributed by atoms with Crippen LogP contribution in [0.1, 0.15) is 0 Å². The number of nitrogen functional groups attached to an aromatic ring is 3. The molecule has 0 unspecified atom stereocenters. The lowest BCUT2D eigenvalue weighted by Gasteiger charge is -2.05. The minimum atomic E-state index is -0.445. The maximum Gasteiger partial charge on any atom is 0.280 e. The van der Waals surface area contributed by atoms with Crippen LogP contribution in [-0.2, 0) is 0 Å². The van der Waals surface area contributed by atoms with E-state index in [-0.39, 0.29) is 28.9 Å². The van der Waals surface area contributed by atoms with Crippen molar-refractivity contribution < 1.29 is 0 Å². The SMILES string of the molecule is Nc1nc(N)c2ncn(-n3cnc4c(=O)[nH]c(N)nc43)c2n1. The fraction of sp³-hybridized carbons (Fsp3) is 0. The molecule has 7 N–H and O–H groups in total. The van der Waals surface area contributed by atoms with Crippen molar-refractivity contribution in [1.29, 1.82) is 0 Å². The fourth-order valence-electron chi connectivity index (χ4n) is 2.16. The Labute approximate surface area is 120 Å². The number of anilines is 3. The van der Waals surface area contributed by atoms with Gasteiger partial charge in [0.2, 0.25) is 11.9 Å². The Balaban J connectivity index is 2.10. The van der Waals surface area contributed by atoms with Crippen molar-refractivity contribution in [2.45, 2.75) is 0 Å². The molecule has 4 heterocycles. The Morgan fingerprint density at radius 3 is 2.27 bits per heavy atom. The van der Waals surface area contributed by atoms with Gasteiger partial charge in [0.1, 0.15) is 12.7 Å². The van der Waals surface area contributed by atoms with E-state index in [1.807, 2.05) is 0 Å². The third-order valence-electron chi connectivity index (χ3n) is 3.06. The van der Waals surface area contributed by atoms with Gasteiger partial charge in [-0.05, 0) is 0 Å². The second kappa shape index (κ2) is 3.91. The third kappa shape index (κ3) is 1.51. The fourth-order valence-corrected chi connectivity index (χ4v) is 2.16. The summed E-state index contributed by atoms with van der Waals surface area (Å²) in [7, 11) is 0. The smallest absolute Gasteiger partial charge is 0.280 e. The summed E-state index contributed by atoms with van der Waals surface area (Å²) in [4.78, 5) is 34.3. The van der Waals surface area contributed by atoms with E-state index in [0.29, 0.717) is 11.2 Å². The summed E-state index contributed by atoms with van der Waals surface area (Å²) in [5.41, 5.74) is 17.6. The van der Waals surface area contributed by atoms with Crippen LogP contribution in [0.25, 0.3) is 22.3 Å². The molecule has 0 amide bonds. The summed E-state index contributed by atoms with van der Waals surface area (Å²) in [6, 6.07) is 0. The molecule has 0 atom stereocenters. The molecule has 4 aromatic heterocycles. The quantitative estimate of drug-likeness (QED) is 0.318. The van der Waals surface area contributed by atoms with Crippen molar-refractivity contribution in [3.05, 3.63) is 23.0 Å². The van der Waals surface area contributed by atoms with Gasteiger partial charge in [-0.2, -0.15) is 15.0 Å². The Kier molecular flexibility index (Phi) is 2.14. The summed E-state index contributed by atoms with van der Waals surface area (Å²) in [5.74, 6) is 0.120. The Morgan fingerprint density at radius 1 is 0.909 bits per heavy atom. The van der Waals surface area contributed by atoms with Crippen LogP contribution in [0.2, 0.25) is 0 Å². The third-order valence-corrected chi connectivity index (χ3v) is 3.06. The van der Waals surface area contributed by atoms with E-state index in [0.717, 1.165) is 0 Å². The zero-order valence-electron chi connectivity index (χ0n) is 10.9. The topological polar surface area (TPSA) is 185 Å². The molecule has 0 aliphatic carbocycles. The van der Waals surface area contributed by atoms with Crippen LogP contribution in [0, 0.1) is 0 Å². The Morgan fingerprint density at radius 2 is 1.55 bits per heavy atom. The number of hydrogen-bond acceptors (Lipinski definition) is 9. The molecule has 22 heavy (non-hydrogen) atoms. The van der Waals surface area contributed by atoms with Crippen molar-refractivity contribution in [2.75, 3.05) is 17.2 Å². The second-order valence-corrected chi connectivity index (χ2v) is 4.44. The van der Waals surface area contributed by atoms with Gasteiger partial charge in [-0.3, -0.25) is 9.78 Å². The molecule has 0 aromatic carbocycles. The summed E-state index contributed by atoms with van der Waals surface area (Å²) in [6.45, 7) is 0. The van der Waals surface area contributed by atoms with Crippen LogP contribution >= 0.6 is 0 Å². The molecule has 0 saturated carbocycles. The summed E-state index contributed by atoms with van der Waals surface area (Å²) in [5, 5.41) is 0. The first kappa shape index (κ1) is 12.1. The first-order valence-corrected chi connectivity index (χ1v) is 6.04. The van der Waals surface area contributed by atoms with Gasteiger partial charge in [0.05, 0.1) is 0 Å². The van der Waals surface area contributed by atoms with Gasteiger partial charge >= 0.3 is 0 Å². The zero-order chi connectivity index (χ0) is 15.4. The monoisotopic (exact) mass is 299 g/mol. The largest absolute Gasteiger partial charge is 0.382 e. The molecule has 0 spiro atoms. The summed E-state index contributed by atoms with van der Waals surface area (Å²) in [6.07, 6.45) is 2.83. The molecule has 110 valence electrons. The van der Waals surface area contributed by atoms with Gasteiger partial charge in [0.15, 0.2) is 28.1 Å². The van der Waals surface area contributed by atoms with E-state index in [9.17, 15) is 4.79 Å². The molecule has 0 bridgehead atoms. The highest BCUT2D eigenvalue weighted by molar-refractivity contribution is 5.83. The number of rotatable bonds is 1. The van der Waals surface area contributed by atoms with E-state index < -0.39 is 5.56 Å². The summed E-state index contributed by atoms with van der Waals surface area (Å²) >= 11 is 0. The lowest BCUT2D eigenvalue weighted by Crippen LogP contribution is -2.14. The van der Waals surface area contributed by atoms with Gasteiger partial charge in [-0.1, -0.05) is 0 Å². The number of aromatic nitrogens is 8. The first-order chi connectivity index (χ1) is 10.5. The molecule has 12 nitrogen and oxygen atoms in total. The van der Waals surface area contributed by atoms with Crippen LogP contribution < -0.4 is 22.8 Å². The van der Waals surface area contributed by atoms with Gasteiger partial charge in [-0.25, -0.2) is 19.3 Å². The first-order valence-electron chi connectivity index (χ1n) is 6.04. The van der Waals surface area contributed by atoms with E-state index in [4.69, 9.17) is 17.2 Å². The molecule has 0 aliphatic rings. The summed E-state index contributed by atoms with van der Waals surface area (Å²) < 4.78 is 2.95. The van der Waals surface area contributed by atoms with Crippen LogP contribution in [0.3, 0.4) is 0 Å². The molecular formula is C10H9N11O. The average Bonchev–Trinajstić information content (AvgIpc) is 3.02. The van der Waals surface area contributed by atoms with Gasteiger partial charge in [0, 0.05) is 0 Å². The normalized spacial score (nSPS) is 11.5. The van der Waals surface area contributed by atoms with Crippen molar-refractivity contribution in [3.8, 4) is 0 Å². The number of nitrogens with zero attached hydrogens (tertiary/aromatic N) is 7. The molecule has 0 fully saturated rings. The van der Waals surface area contributed by atoms with E-state index >= 15 is 0 Å². The predicted molar refractivity (Wildman–Crippen MR) is 77.5 cm³/mol. The molecule has 12 heteroatoms. The van der Waals surface area contributed by atoms with Crippen molar-refractivity contribution >= 4 is 40.0 Å². The maximum absolute atomic E-state index is 11.8. The average molecular weight is 299 g/mol. The highest BCUT2D eigenvalue weighted by Crippen LogP contribution is 2.18. The number of imidazole rings is 2. The van der Waals surface area contributed by atoms with E-state index in [1.165, 1.54) is 22.0 Å². The maximum atomic E-state index is 11.8. The van der Waals surface area contributed by atoms with Gasteiger partial charge in [-0.15, -0.1) is 0 Å². The lowest BCUT2D eigenvalue weighted by atomic mass is 10.5. The highest BCUT2D eigenvalue weighted by Gasteiger charge is 2.15. The minimum Gasteiger partial charge on any atom is -0.382 e. The standard InChI is InChI=1S/C10H9N11O/c11-5-3-6(17-9(12)16-5)20(1-14-3)21-2-15-4-7(21)18-10(13)19-8(4)22/h1-2H,(H4,11,12,16,17)(H3,13,18,19,22). The molecule has 0 saturated heterocycles. The van der Waals surface area contributed by atoms with Crippen molar-refractivity contribution in [1.82, 2.24) is 39.3 Å². The van der Waals surface area contributed by atoms with Crippen LogP contribution in [0.5, 0.6) is 0 Å². The number of nitrogens with one attached hydrogen (secondary N) is 1. The molecule has 4 rings (SSSR count). The zero-order valence-corrected chi connectivity index (χ0v) is 10.9. The van der Waals surface area contributed by atoms with Crippen molar-refractivity contribution in [2.24, 2.45) is 0 Å². The number of nitrogens with two attached hydrogens (primary N) is 3. The van der Waals surface area contributed by atoms with Gasteiger partial charge < -0.3 is 17.2 Å². The van der Waals surface area contributed by atoms with Crippen LogP contribution in [-0.4, -0.2) is 39.3 Å². The molecule has 0 radical (unpaired) electrons. The van der Waals surface area contributed by atoms with Crippen molar-refractivity contribution in [3.63, 3.8) is 0 Å². The van der Waals surface area contributed by atoms with Crippen LogP contribution in [0.4, 0.5) is 17.7 Å². The Hall–Kier alpha value is -3.70. The van der Waals surface area contributed by atoms with E-state index in [2.05, 4.69) is 29.9 Å². The number of aromatic amines is 1. The van der Waals surface area contributed by atoms with Crippen LogP contribution in [0.15, 0.2) is 17.4 Å².